The van der Waals surface area contributed by atoms with Gasteiger partial charge in [0.25, 0.3) is 11.8 Å². The van der Waals surface area contributed by atoms with Crippen molar-refractivity contribution in [3.8, 4) is 0 Å². The number of hydrogen-bond acceptors (Lipinski definition) is 3. The molecule has 0 saturated heterocycles. The molecule has 2 rings (SSSR count). The molecule has 0 aliphatic rings. The van der Waals surface area contributed by atoms with Crippen LogP contribution in [0.25, 0.3) is 0 Å². The van der Waals surface area contributed by atoms with Crippen LogP contribution >= 0.6 is 11.6 Å². The maximum atomic E-state index is 12.2. The first-order chi connectivity index (χ1) is 10.6. The Morgan fingerprint density at radius 2 is 2.00 bits per heavy atom. The number of benzene rings is 1. The van der Waals surface area contributed by atoms with E-state index < -0.39 is 5.91 Å². The van der Waals surface area contributed by atoms with Gasteiger partial charge in [-0.1, -0.05) is 24.6 Å². The minimum Gasteiger partial charge on any atom is -0.352 e. The molecule has 1 aromatic heterocycles. The zero-order valence-corrected chi connectivity index (χ0v) is 12.9. The Morgan fingerprint density at radius 1 is 1.18 bits per heavy atom. The van der Waals surface area contributed by atoms with E-state index in [4.69, 9.17) is 11.6 Å². The Kier molecular flexibility index (Phi) is 5.49. The van der Waals surface area contributed by atoms with Crippen molar-refractivity contribution < 1.29 is 9.59 Å². The summed E-state index contributed by atoms with van der Waals surface area (Å²) in [6, 6.07) is 9.77. The van der Waals surface area contributed by atoms with Crippen LogP contribution in [0.5, 0.6) is 0 Å². The largest absolute Gasteiger partial charge is 0.352 e. The molecule has 0 unspecified atom stereocenters. The molecule has 2 aromatic rings. The summed E-state index contributed by atoms with van der Waals surface area (Å²) in [6.45, 7) is 2.53. The predicted octanol–water partition coefficient (Wildman–Crippen LogP) is 3.13. The normalized spacial score (nSPS) is 10.1. The summed E-state index contributed by atoms with van der Waals surface area (Å²) in [5.41, 5.74) is 0.987. The van der Waals surface area contributed by atoms with Gasteiger partial charge in [-0.25, -0.2) is 0 Å². The fraction of sp³-hybridized carbons (Fsp3) is 0.188. The van der Waals surface area contributed by atoms with Crippen LogP contribution in [0.4, 0.5) is 5.69 Å². The molecule has 2 N–H and O–H groups in total. The number of carbonyl (C=O) groups excluding carboxylic acids is 2. The molecule has 0 saturated carbocycles. The molecule has 2 amide bonds. The molecule has 1 aromatic carbocycles. The first kappa shape index (κ1) is 16.0. The lowest BCUT2D eigenvalue weighted by molar-refractivity contribution is 0.0954. The molecular formula is C16H16ClN3O2. The van der Waals surface area contributed by atoms with Crippen LogP contribution in [0.3, 0.4) is 0 Å². The first-order valence-corrected chi connectivity index (χ1v) is 7.29. The van der Waals surface area contributed by atoms with Gasteiger partial charge in [-0.2, -0.15) is 0 Å². The second kappa shape index (κ2) is 7.56. The Labute approximate surface area is 133 Å². The minimum absolute atomic E-state index is 0.255. The van der Waals surface area contributed by atoms with Gasteiger partial charge < -0.3 is 10.6 Å². The summed E-state index contributed by atoms with van der Waals surface area (Å²) in [5, 5.41) is 5.88. The molecule has 114 valence electrons. The van der Waals surface area contributed by atoms with Crippen LogP contribution in [0.1, 0.15) is 34.2 Å². The van der Waals surface area contributed by atoms with E-state index in [1.807, 2.05) is 6.92 Å². The van der Waals surface area contributed by atoms with E-state index in [-0.39, 0.29) is 11.6 Å². The fourth-order valence-corrected chi connectivity index (χ4v) is 2.01. The highest BCUT2D eigenvalue weighted by atomic mass is 35.5. The topological polar surface area (TPSA) is 71.1 Å². The van der Waals surface area contributed by atoms with Gasteiger partial charge in [-0.05, 0) is 36.8 Å². The highest BCUT2D eigenvalue weighted by Crippen LogP contribution is 2.21. The number of rotatable bonds is 5. The van der Waals surface area contributed by atoms with Crippen LogP contribution in [-0.2, 0) is 0 Å². The Morgan fingerprint density at radius 3 is 2.68 bits per heavy atom. The zero-order chi connectivity index (χ0) is 15.9. The van der Waals surface area contributed by atoms with Gasteiger partial charge in [-0.3, -0.25) is 14.6 Å². The third kappa shape index (κ3) is 4.05. The zero-order valence-electron chi connectivity index (χ0n) is 12.1. The molecule has 0 aliphatic heterocycles. The molecule has 22 heavy (non-hydrogen) atoms. The average Bonchev–Trinajstić information content (AvgIpc) is 2.53. The summed E-state index contributed by atoms with van der Waals surface area (Å²) in [6.07, 6.45) is 2.36. The van der Waals surface area contributed by atoms with E-state index in [2.05, 4.69) is 15.6 Å². The van der Waals surface area contributed by atoms with E-state index in [0.29, 0.717) is 22.8 Å². The van der Waals surface area contributed by atoms with Gasteiger partial charge in [0.05, 0.1) is 11.3 Å². The number of carbonyl (C=O) groups is 2. The number of anilines is 1. The second-order valence-corrected chi connectivity index (χ2v) is 5.05. The Hall–Kier alpha value is -2.40. The van der Waals surface area contributed by atoms with Crippen molar-refractivity contribution in [1.82, 2.24) is 10.3 Å². The fourth-order valence-electron chi connectivity index (χ4n) is 1.84. The highest BCUT2D eigenvalue weighted by Gasteiger charge is 2.15. The van der Waals surface area contributed by atoms with Crippen molar-refractivity contribution >= 4 is 29.1 Å². The van der Waals surface area contributed by atoms with E-state index in [9.17, 15) is 9.59 Å². The van der Waals surface area contributed by atoms with E-state index in [0.717, 1.165) is 6.42 Å². The lowest BCUT2D eigenvalue weighted by Crippen LogP contribution is -2.26. The standard InChI is InChI=1S/C16H16ClN3O2/c1-2-8-19-15(21)12-7-6-11(17)10-14(12)20-16(22)13-5-3-4-9-18-13/h3-7,9-10H,2,8H2,1H3,(H,19,21)(H,20,22). The Bertz CT molecular complexity index is 674. The summed E-state index contributed by atoms with van der Waals surface area (Å²) in [7, 11) is 0. The van der Waals surface area contributed by atoms with Gasteiger partial charge in [0.1, 0.15) is 5.69 Å². The number of pyridine rings is 1. The van der Waals surface area contributed by atoms with Gasteiger partial charge in [0.15, 0.2) is 0 Å². The van der Waals surface area contributed by atoms with Crippen molar-refractivity contribution in [2.75, 3.05) is 11.9 Å². The number of halogens is 1. The van der Waals surface area contributed by atoms with E-state index in [1.165, 1.54) is 6.20 Å². The lowest BCUT2D eigenvalue weighted by atomic mass is 10.1. The van der Waals surface area contributed by atoms with Crippen LogP contribution in [-0.4, -0.2) is 23.3 Å². The maximum Gasteiger partial charge on any atom is 0.274 e. The summed E-state index contributed by atoms with van der Waals surface area (Å²) < 4.78 is 0. The SMILES string of the molecule is CCCNC(=O)c1ccc(Cl)cc1NC(=O)c1ccccn1. The molecule has 6 heteroatoms. The van der Waals surface area contributed by atoms with Crippen molar-refractivity contribution in [2.24, 2.45) is 0 Å². The average molecular weight is 318 g/mol. The molecule has 0 radical (unpaired) electrons. The summed E-state index contributed by atoms with van der Waals surface area (Å²) in [4.78, 5) is 28.3. The van der Waals surface area contributed by atoms with Crippen molar-refractivity contribution in [2.45, 2.75) is 13.3 Å². The van der Waals surface area contributed by atoms with Gasteiger partial charge in [0, 0.05) is 17.8 Å². The smallest absolute Gasteiger partial charge is 0.274 e. The number of nitrogens with one attached hydrogen (secondary N) is 2. The minimum atomic E-state index is -0.396. The van der Waals surface area contributed by atoms with Crippen LogP contribution in [0, 0.1) is 0 Å². The predicted molar refractivity (Wildman–Crippen MR) is 86.3 cm³/mol. The molecule has 1 heterocycles. The van der Waals surface area contributed by atoms with Crippen molar-refractivity contribution in [3.63, 3.8) is 0 Å². The highest BCUT2D eigenvalue weighted by molar-refractivity contribution is 6.31. The summed E-state index contributed by atoms with van der Waals surface area (Å²) >= 11 is 5.96. The Balaban J connectivity index is 2.24. The van der Waals surface area contributed by atoms with Crippen molar-refractivity contribution in [1.29, 1.82) is 0 Å². The third-order valence-electron chi connectivity index (χ3n) is 2.91. The molecule has 0 spiro atoms. The molecule has 0 bridgehead atoms. The van der Waals surface area contributed by atoms with Crippen LogP contribution in [0.15, 0.2) is 42.6 Å². The number of hydrogen-bond donors (Lipinski definition) is 2. The molecule has 5 nitrogen and oxygen atoms in total. The van der Waals surface area contributed by atoms with Gasteiger partial charge in [-0.15, -0.1) is 0 Å². The number of aromatic nitrogens is 1. The number of amides is 2. The molecular weight excluding hydrogens is 302 g/mol. The van der Waals surface area contributed by atoms with Gasteiger partial charge in [0.2, 0.25) is 0 Å². The van der Waals surface area contributed by atoms with Crippen LogP contribution in [0.2, 0.25) is 5.02 Å². The molecule has 0 fully saturated rings. The second-order valence-electron chi connectivity index (χ2n) is 4.61. The molecule has 0 atom stereocenters. The van der Waals surface area contributed by atoms with Crippen LogP contribution < -0.4 is 10.6 Å². The molecule has 0 aliphatic carbocycles. The first-order valence-electron chi connectivity index (χ1n) is 6.92. The van der Waals surface area contributed by atoms with Crippen molar-refractivity contribution in [3.05, 3.63) is 58.9 Å². The maximum absolute atomic E-state index is 12.2. The van der Waals surface area contributed by atoms with E-state index in [1.54, 1.807) is 36.4 Å². The summed E-state index contributed by atoms with van der Waals surface area (Å²) in [5.74, 6) is -0.651. The lowest BCUT2D eigenvalue weighted by Gasteiger charge is -2.11. The third-order valence-corrected chi connectivity index (χ3v) is 3.14. The van der Waals surface area contributed by atoms with Gasteiger partial charge >= 0.3 is 0 Å². The monoisotopic (exact) mass is 317 g/mol. The van der Waals surface area contributed by atoms with E-state index >= 15 is 0 Å². The quantitative estimate of drug-likeness (QED) is 0.890. The number of nitrogens with zero attached hydrogens (tertiary/aromatic N) is 1.